The van der Waals surface area contributed by atoms with Crippen molar-refractivity contribution in [1.82, 2.24) is 15.5 Å². The second kappa shape index (κ2) is 13.0. The van der Waals surface area contributed by atoms with Gasteiger partial charge in [0.1, 0.15) is 5.75 Å². The molecule has 0 radical (unpaired) electrons. The number of ether oxygens (including phenoxy) is 1. The summed E-state index contributed by atoms with van der Waals surface area (Å²) in [7, 11) is 0. The number of nitrogens with one attached hydrogen (secondary N) is 2. The van der Waals surface area contributed by atoms with Gasteiger partial charge >= 0.3 is 12.6 Å². The highest BCUT2D eigenvalue weighted by atomic mass is 19.4. The summed E-state index contributed by atoms with van der Waals surface area (Å²) in [5.41, 5.74) is -3.47. The first-order valence-electron chi connectivity index (χ1n) is 15.0. The number of carbonyl (C=O) groups excluding carboxylic acids is 3. The summed E-state index contributed by atoms with van der Waals surface area (Å²) in [6.45, 7) is 6.51. The van der Waals surface area contributed by atoms with Crippen molar-refractivity contribution in [2.75, 3.05) is 24.5 Å². The smallest absolute Gasteiger partial charge is 0.417 e. The topological polar surface area (TPSA) is 91.0 Å². The van der Waals surface area contributed by atoms with Gasteiger partial charge in [0.25, 0.3) is 17.7 Å². The lowest BCUT2D eigenvalue weighted by molar-refractivity contribution is -0.138. The third kappa shape index (κ3) is 7.77. The molecule has 0 aromatic heterocycles. The van der Waals surface area contributed by atoms with Gasteiger partial charge in [0.2, 0.25) is 0 Å². The molecule has 0 spiro atoms. The van der Waals surface area contributed by atoms with E-state index in [2.05, 4.69) is 5.32 Å². The second-order valence-corrected chi connectivity index (χ2v) is 12.5. The highest BCUT2D eigenvalue weighted by Gasteiger charge is 2.45. The van der Waals surface area contributed by atoms with Gasteiger partial charge in [0, 0.05) is 31.2 Å². The zero-order chi connectivity index (χ0) is 31.7. The molecule has 0 unspecified atom stereocenters. The highest BCUT2D eigenvalue weighted by molar-refractivity contribution is 6.05. The van der Waals surface area contributed by atoms with Crippen LogP contribution in [0.3, 0.4) is 0 Å². The maximum Gasteiger partial charge on any atom is 0.417 e. The summed E-state index contributed by atoms with van der Waals surface area (Å²) < 4.78 is 74.2. The van der Waals surface area contributed by atoms with E-state index in [1.165, 1.54) is 31.6 Å². The number of benzene rings is 1. The van der Waals surface area contributed by atoms with Crippen LogP contribution in [0, 0.1) is 5.92 Å². The summed E-state index contributed by atoms with van der Waals surface area (Å²) in [5, 5.41) is 5.51. The van der Waals surface area contributed by atoms with Crippen LogP contribution in [0.2, 0.25) is 0 Å². The Morgan fingerprint density at radius 3 is 2.28 bits per heavy atom. The SMILES string of the molecule is CC(C)N(C(=O)c1cc2c(cc1C(F)(F)F)OC(C)(C)C(=O)N2CCNC(=O)C(F)F)[C@H]1CC[C@@H](CCNC2CC2)CC1. The molecule has 13 heteroatoms. The van der Waals surface area contributed by atoms with Crippen molar-refractivity contribution in [2.45, 2.75) is 109 Å². The van der Waals surface area contributed by atoms with E-state index >= 15 is 0 Å². The van der Waals surface area contributed by atoms with E-state index in [1.54, 1.807) is 13.8 Å². The number of hydrogen-bond donors (Lipinski definition) is 2. The molecule has 0 atom stereocenters. The van der Waals surface area contributed by atoms with Gasteiger partial charge in [-0.15, -0.1) is 0 Å². The van der Waals surface area contributed by atoms with Gasteiger partial charge in [0.15, 0.2) is 5.60 Å². The molecule has 1 aromatic carbocycles. The fraction of sp³-hybridized carbons (Fsp3) is 0.700. The number of hydrogen-bond acceptors (Lipinski definition) is 5. The molecule has 2 fully saturated rings. The maximum atomic E-state index is 14.4. The van der Waals surface area contributed by atoms with Gasteiger partial charge in [-0.25, -0.2) is 0 Å². The van der Waals surface area contributed by atoms with Crippen molar-refractivity contribution < 1.29 is 41.1 Å². The predicted octanol–water partition coefficient (Wildman–Crippen LogP) is 5.14. The van der Waals surface area contributed by atoms with Crippen LogP contribution in [0.1, 0.15) is 88.6 Å². The molecule has 3 aliphatic rings. The van der Waals surface area contributed by atoms with Crippen molar-refractivity contribution in [2.24, 2.45) is 5.92 Å². The first-order chi connectivity index (χ1) is 20.1. The number of halogens is 5. The van der Waals surface area contributed by atoms with Crippen LogP contribution in [-0.2, 0) is 15.8 Å². The number of nitrogens with zero attached hydrogens (tertiary/aromatic N) is 2. The molecule has 3 amide bonds. The summed E-state index contributed by atoms with van der Waals surface area (Å²) >= 11 is 0. The molecule has 43 heavy (non-hydrogen) atoms. The van der Waals surface area contributed by atoms with Gasteiger partial charge in [-0.3, -0.25) is 14.4 Å². The lowest BCUT2D eigenvalue weighted by Crippen LogP contribution is -2.54. The molecule has 0 saturated heterocycles. The Morgan fingerprint density at radius 2 is 1.72 bits per heavy atom. The Kier molecular flexibility index (Phi) is 9.92. The van der Waals surface area contributed by atoms with Crippen LogP contribution in [0.15, 0.2) is 12.1 Å². The molecule has 8 nitrogen and oxygen atoms in total. The first kappa shape index (κ1) is 32.9. The summed E-state index contributed by atoms with van der Waals surface area (Å²) in [5.74, 6) is -2.77. The van der Waals surface area contributed by atoms with Crippen LogP contribution < -0.4 is 20.3 Å². The highest BCUT2D eigenvalue weighted by Crippen LogP contribution is 2.44. The zero-order valence-corrected chi connectivity index (χ0v) is 25.0. The van der Waals surface area contributed by atoms with E-state index in [1.807, 2.05) is 5.32 Å². The largest absolute Gasteiger partial charge is 0.476 e. The van der Waals surface area contributed by atoms with E-state index in [0.717, 1.165) is 42.8 Å². The first-order valence-corrected chi connectivity index (χ1v) is 15.0. The van der Waals surface area contributed by atoms with E-state index < -0.39 is 47.1 Å². The molecule has 2 aliphatic carbocycles. The minimum atomic E-state index is -4.90. The van der Waals surface area contributed by atoms with Crippen LogP contribution in [0.5, 0.6) is 5.75 Å². The average Bonchev–Trinajstić information content (AvgIpc) is 3.74. The second-order valence-electron chi connectivity index (χ2n) is 12.5. The maximum absolute atomic E-state index is 14.4. The van der Waals surface area contributed by atoms with E-state index in [-0.39, 0.29) is 36.6 Å². The zero-order valence-electron chi connectivity index (χ0n) is 25.0. The fourth-order valence-electron chi connectivity index (χ4n) is 6.07. The average molecular weight is 617 g/mol. The Morgan fingerprint density at radius 1 is 1.07 bits per heavy atom. The number of carbonyl (C=O) groups is 3. The van der Waals surface area contributed by atoms with E-state index in [0.29, 0.717) is 24.8 Å². The number of rotatable bonds is 11. The van der Waals surface area contributed by atoms with Gasteiger partial charge in [-0.05, 0) is 97.2 Å². The molecule has 2 N–H and O–H groups in total. The Balaban J connectivity index is 1.61. The van der Waals surface area contributed by atoms with Crippen molar-refractivity contribution >= 4 is 23.4 Å². The lowest BCUT2D eigenvalue weighted by atomic mass is 9.82. The van der Waals surface area contributed by atoms with E-state index in [9.17, 15) is 36.3 Å². The summed E-state index contributed by atoms with van der Waals surface area (Å²) in [6.07, 6.45) is -1.61. The molecular weight excluding hydrogens is 575 g/mol. The van der Waals surface area contributed by atoms with Crippen molar-refractivity contribution in [3.05, 3.63) is 23.3 Å². The van der Waals surface area contributed by atoms with Crippen molar-refractivity contribution in [3.8, 4) is 5.75 Å². The summed E-state index contributed by atoms with van der Waals surface area (Å²) in [6, 6.07) is 1.73. The Bertz CT molecular complexity index is 1190. The number of alkyl halides is 5. The molecular formula is C30H41F5N4O4. The molecule has 2 saturated carbocycles. The van der Waals surface area contributed by atoms with Gasteiger partial charge < -0.3 is 25.2 Å². The van der Waals surface area contributed by atoms with Crippen LogP contribution >= 0.6 is 0 Å². The molecule has 240 valence electrons. The monoisotopic (exact) mass is 616 g/mol. The minimum absolute atomic E-state index is 0.0949. The van der Waals surface area contributed by atoms with Gasteiger partial charge in [-0.1, -0.05) is 0 Å². The third-order valence-electron chi connectivity index (χ3n) is 8.45. The summed E-state index contributed by atoms with van der Waals surface area (Å²) in [4.78, 5) is 41.2. The number of anilines is 1. The molecule has 0 bridgehead atoms. The van der Waals surface area contributed by atoms with E-state index in [4.69, 9.17) is 4.74 Å². The predicted molar refractivity (Wildman–Crippen MR) is 150 cm³/mol. The molecule has 1 heterocycles. The Labute approximate surface area is 248 Å². The van der Waals surface area contributed by atoms with Crippen molar-refractivity contribution in [3.63, 3.8) is 0 Å². The minimum Gasteiger partial charge on any atom is -0.476 e. The molecule has 1 aromatic rings. The van der Waals surface area contributed by atoms with Crippen LogP contribution in [0.25, 0.3) is 0 Å². The Hall–Kier alpha value is -2.96. The fourth-order valence-corrected chi connectivity index (χ4v) is 6.07. The standard InChI is InChI=1S/C30H41F5N4O4/c1-17(2)39(20-9-5-18(6-10-20)11-12-36-19-7-8-19)27(41)21-15-23-24(16-22(21)30(33,34)35)43-29(3,4)28(42)38(23)14-13-37-26(40)25(31)32/h15-20,25,36H,5-14H2,1-4H3,(H,37,40)/t18-,20+. The normalized spacial score (nSPS) is 21.9. The van der Waals surface area contributed by atoms with Crippen LogP contribution in [-0.4, -0.2) is 72.4 Å². The molecule has 4 rings (SSSR count). The van der Waals surface area contributed by atoms with Gasteiger partial charge in [-0.2, -0.15) is 22.0 Å². The van der Waals surface area contributed by atoms with Crippen LogP contribution in [0.4, 0.5) is 27.6 Å². The lowest BCUT2D eigenvalue weighted by Gasteiger charge is -2.41. The van der Waals surface area contributed by atoms with Crippen molar-refractivity contribution in [1.29, 1.82) is 0 Å². The van der Waals surface area contributed by atoms with Gasteiger partial charge in [0.05, 0.1) is 16.8 Å². The number of fused-ring (bicyclic) bond motifs is 1. The third-order valence-corrected chi connectivity index (χ3v) is 8.45. The quantitative estimate of drug-likeness (QED) is 0.336. The molecule has 1 aliphatic heterocycles. The number of amides is 3.